The average molecular weight is 519 g/mol. The number of esters is 1. The number of rotatable bonds is 5. The van der Waals surface area contributed by atoms with E-state index in [0.29, 0.717) is 23.7 Å². The van der Waals surface area contributed by atoms with E-state index in [9.17, 15) is 19.2 Å². The number of piperidine rings is 1. The third-order valence-corrected chi connectivity index (χ3v) is 6.87. The lowest BCUT2D eigenvalue weighted by atomic mass is 10.1. The molecule has 34 heavy (non-hydrogen) atoms. The van der Waals surface area contributed by atoms with E-state index in [1.54, 1.807) is 41.3 Å². The van der Waals surface area contributed by atoms with E-state index >= 15 is 0 Å². The summed E-state index contributed by atoms with van der Waals surface area (Å²) in [4.78, 5) is 52.8. The first-order chi connectivity index (χ1) is 16.3. The van der Waals surface area contributed by atoms with Gasteiger partial charge in [0, 0.05) is 18.1 Å². The minimum absolute atomic E-state index is 0.183. The Kier molecular flexibility index (Phi) is 7.60. The smallest absolute Gasteiger partial charge is 0.345 e. The fourth-order valence-corrected chi connectivity index (χ4v) is 4.94. The normalized spacial score (nSPS) is 17.4. The zero-order valence-corrected chi connectivity index (χ0v) is 20.3. The molecule has 10 heteroatoms. The molecule has 0 N–H and O–H groups in total. The summed E-state index contributed by atoms with van der Waals surface area (Å²) in [5.74, 6) is -1.05. The summed E-state index contributed by atoms with van der Waals surface area (Å²) in [7, 11) is 0. The molecule has 0 aromatic heterocycles. The number of nitrogens with zero attached hydrogens (tertiary/aromatic N) is 2. The highest BCUT2D eigenvalue weighted by Crippen LogP contribution is 2.32. The standard InChI is InChI=1S/C24H20Cl2N2O5S/c25-16-6-9-18(19(26)13-16)23(31)33-17-7-4-15(5-8-17)12-20-22(30)28(24(32)34-20)14-21(29)27-10-2-1-3-11-27/h4-9,12-13H,1-3,10-11,14H2/b20-12-. The number of carbonyl (C=O) groups is 4. The summed E-state index contributed by atoms with van der Waals surface area (Å²) in [5, 5.41) is 0.127. The van der Waals surface area contributed by atoms with Crippen LogP contribution in [0.4, 0.5) is 4.79 Å². The van der Waals surface area contributed by atoms with Crippen LogP contribution in [0.1, 0.15) is 35.2 Å². The number of thioether (sulfide) groups is 1. The van der Waals surface area contributed by atoms with Crippen LogP contribution in [-0.2, 0) is 9.59 Å². The predicted octanol–water partition coefficient (Wildman–Crippen LogP) is 5.26. The number of halogens is 2. The average Bonchev–Trinajstić information content (AvgIpc) is 3.08. The molecule has 2 aliphatic heterocycles. The summed E-state index contributed by atoms with van der Waals surface area (Å²) in [6.07, 6.45) is 4.52. The van der Waals surface area contributed by atoms with Crippen molar-refractivity contribution in [2.45, 2.75) is 19.3 Å². The molecule has 4 rings (SSSR count). The van der Waals surface area contributed by atoms with Gasteiger partial charge in [0.1, 0.15) is 12.3 Å². The van der Waals surface area contributed by atoms with Gasteiger partial charge in [-0.1, -0.05) is 35.3 Å². The molecule has 0 spiro atoms. The van der Waals surface area contributed by atoms with E-state index in [-0.39, 0.29) is 33.7 Å². The van der Waals surface area contributed by atoms with E-state index in [1.807, 2.05) is 0 Å². The first-order valence-corrected chi connectivity index (χ1v) is 12.2. The van der Waals surface area contributed by atoms with Gasteiger partial charge in [-0.2, -0.15) is 0 Å². The predicted molar refractivity (Wildman–Crippen MR) is 131 cm³/mol. The molecule has 2 heterocycles. The molecule has 2 aromatic rings. The Labute approximate surface area is 210 Å². The van der Waals surface area contributed by atoms with Gasteiger partial charge < -0.3 is 9.64 Å². The van der Waals surface area contributed by atoms with Gasteiger partial charge in [0.2, 0.25) is 5.91 Å². The molecule has 0 unspecified atom stereocenters. The van der Waals surface area contributed by atoms with Crippen LogP contribution in [0, 0.1) is 0 Å². The van der Waals surface area contributed by atoms with Gasteiger partial charge in [-0.15, -0.1) is 0 Å². The van der Waals surface area contributed by atoms with Gasteiger partial charge in [0.05, 0.1) is 15.5 Å². The highest BCUT2D eigenvalue weighted by molar-refractivity contribution is 8.18. The molecule has 7 nitrogen and oxygen atoms in total. The van der Waals surface area contributed by atoms with Crippen LogP contribution in [-0.4, -0.2) is 52.5 Å². The van der Waals surface area contributed by atoms with Crippen molar-refractivity contribution in [3.8, 4) is 5.75 Å². The van der Waals surface area contributed by atoms with Crippen LogP contribution in [0.2, 0.25) is 10.0 Å². The molecule has 2 saturated heterocycles. The Morgan fingerprint density at radius 1 is 1.00 bits per heavy atom. The summed E-state index contributed by atoms with van der Waals surface area (Å²) in [5.41, 5.74) is 0.820. The SMILES string of the molecule is O=C(Oc1ccc(/C=C2\SC(=O)N(CC(=O)N3CCCCC3)C2=O)cc1)c1ccc(Cl)cc1Cl. The second-order valence-electron chi connectivity index (χ2n) is 7.79. The number of hydrogen-bond donors (Lipinski definition) is 0. The Hall–Kier alpha value is -2.81. The first kappa shape index (κ1) is 24.3. The van der Waals surface area contributed by atoms with Crippen LogP contribution < -0.4 is 4.74 Å². The Bertz CT molecular complexity index is 1180. The van der Waals surface area contributed by atoms with Crippen molar-refractivity contribution >= 4 is 64.1 Å². The first-order valence-electron chi connectivity index (χ1n) is 10.6. The summed E-state index contributed by atoms with van der Waals surface area (Å²) >= 11 is 12.7. The number of amides is 3. The molecule has 2 aliphatic rings. The highest BCUT2D eigenvalue weighted by Gasteiger charge is 2.37. The molecule has 3 amide bonds. The number of likely N-dealkylation sites (tertiary alicyclic amines) is 1. The Balaban J connectivity index is 1.40. The number of imide groups is 1. The highest BCUT2D eigenvalue weighted by atomic mass is 35.5. The topological polar surface area (TPSA) is 84.0 Å². The quantitative estimate of drug-likeness (QED) is 0.305. The molecular weight excluding hydrogens is 499 g/mol. The maximum Gasteiger partial charge on any atom is 0.345 e. The molecule has 0 saturated carbocycles. The molecule has 2 fully saturated rings. The third kappa shape index (κ3) is 5.63. The van der Waals surface area contributed by atoms with Gasteiger partial charge in [0.25, 0.3) is 11.1 Å². The van der Waals surface area contributed by atoms with Crippen LogP contribution in [0.25, 0.3) is 6.08 Å². The van der Waals surface area contributed by atoms with Crippen molar-refractivity contribution in [2.24, 2.45) is 0 Å². The fraction of sp³-hybridized carbons (Fsp3) is 0.250. The zero-order valence-electron chi connectivity index (χ0n) is 18.0. The van der Waals surface area contributed by atoms with E-state index < -0.39 is 17.1 Å². The zero-order chi connectivity index (χ0) is 24.2. The fourth-order valence-electron chi connectivity index (χ4n) is 3.62. The van der Waals surface area contributed by atoms with E-state index in [2.05, 4.69) is 0 Å². The number of ether oxygens (including phenoxy) is 1. The van der Waals surface area contributed by atoms with Crippen LogP contribution in [0.15, 0.2) is 47.4 Å². The van der Waals surface area contributed by atoms with E-state index in [1.165, 1.54) is 12.1 Å². The maximum atomic E-state index is 12.7. The van der Waals surface area contributed by atoms with Crippen LogP contribution in [0.5, 0.6) is 5.75 Å². The second kappa shape index (κ2) is 10.6. The molecule has 0 aliphatic carbocycles. The van der Waals surface area contributed by atoms with Gasteiger partial charge in [-0.25, -0.2) is 4.79 Å². The maximum absolute atomic E-state index is 12.7. The lowest BCUT2D eigenvalue weighted by molar-refractivity contribution is -0.136. The van der Waals surface area contributed by atoms with Crippen molar-refractivity contribution in [1.82, 2.24) is 9.80 Å². The molecular formula is C24H20Cl2N2O5S. The van der Waals surface area contributed by atoms with Gasteiger partial charge in [-0.3, -0.25) is 19.3 Å². The molecule has 0 atom stereocenters. The molecule has 0 bridgehead atoms. The summed E-state index contributed by atoms with van der Waals surface area (Å²) < 4.78 is 5.34. The third-order valence-electron chi connectivity index (χ3n) is 5.42. The number of benzene rings is 2. The monoisotopic (exact) mass is 518 g/mol. The minimum atomic E-state index is -0.631. The van der Waals surface area contributed by atoms with Crippen molar-refractivity contribution in [1.29, 1.82) is 0 Å². The molecule has 0 radical (unpaired) electrons. The lowest BCUT2D eigenvalue weighted by Crippen LogP contribution is -2.44. The van der Waals surface area contributed by atoms with Crippen molar-refractivity contribution < 1.29 is 23.9 Å². The Morgan fingerprint density at radius 2 is 1.71 bits per heavy atom. The van der Waals surface area contributed by atoms with Crippen molar-refractivity contribution in [3.05, 3.63) is 68.5 Å². The summed E-state index contributed by atoms with van der Waals surface area (Å²) in [6.45, 7) is 1.07. The lowest BCUT2D eigenvalue weighted by Gasteiger charge is -2.27. The second-order valence-corrected chi connectivity index (χ2v) is 9.63. The van der Waals surface area contributed by atoms with Gasteiger partial charge >= 0.3 is 5.97 Å². The van der Waals surface area contributed by atoms with Crippen molar-refractivity contribution in [2.75, 3.05) is 19.6 Å². The van der Waals surface area contributed by atoms with Crippen LogP contribution >= 0.6 is 35.0 Å². The molecule has 176 valence electrons. The largest absolute Gasteiger partial charge is 0.423 e. The van der Waals surface area contributed by atoms with Crippen molar-refractivity contribution in [3.63, 3.8) is 0 Å². The summed E-state index contributed by atoms with van der Waals surface area (Å²) in [6, 6.07) is 10.9. The van der Waals surface area contributed by atoms with Gasteiger partial charge in [0.15, 0.2) is 0 Å². The number of carbonyl (C=O) groups excluding carboxylic acids is 4. The van der Waals surface area contributed by atoms with Gasteiger partial charge in [-0.05, 0) is 73.0 Å². The Morgan fingerprint density at radius 3 is 2.38 bits per heavy atom. The van der Waals surface area contributed by atoms with Crippen LogP contribution in [0.3, 0.4) is 0 Å². The minimum Gasteiger partial charge on any atom is -0.423 e. The van der Waals surface area contributed by atoms with E-state index in [0.717, 1.165) is 35.9 Å². The molecule has 2 aromatic carbocycles. The van der Waals surface area contributed by atoms with E-state index in [4.69, 9.17) is 27.9 Å². The number of hydrogen-bond acceptors (Lipinski definition) is 6.